The maximum atomic E-state index is 11.5. The Hall–Kier alpha value is -1.16. The lowest BCUT2D eigenvalue weighted by Crippen LogP contribution is -2.08. The van der Waals surface area contributed by atoms with Gasteiger partial charge in [-0.2, -0.15) is 0 Å². The molecule has 3 nitrogen and oxygen atoms in total. The summed E-state index contributed by atoms with van der Waals surface area (Å²) in [5.74, 6) is -0.379. The van der Waals surface area contributed by atoms with E-state index in [0.29, 0.717) is 11.3 Å². The molecule has 0 atom stereocenters. The Kier molecular flexibility index (Phi) is 3.41. The SMILES string of the molecule is COC(=O)c1c(SC)ccc(C)c1N. The van der Waals surface area contributed by atoms with Crippen molar-refractivity contribution in [2.45, 2.75) is 11.8 Å². The molecule has 0 unspecified atom stereocenters. The molecule has 0 radical (unpaired) electrons. The summed E-state index contributed by atoms with van der Waals surface area (Å²) in [6.07, 6.45) is 1.90. The quantitative estimate of drug-likeness (QED) is 0.462. The van der Waals surface area contributed by atoms with Crippen LogP contribution in [-0.4, -0.2) is 19.3 Å². The molecule has 0 aliphatic rings. The van der Waals surface area contributed by atoms with Gasteiger partial charge in [0.25, 0.3) is 0 Å². The summed E-state index contributed by atoms with van der Waals surface area (Å²) in [7, 11) is 1.36. The molecule has 0 aliphatic heterocycles. The van der Waals surface area contributed by atoms with Crippen LogP contribution in [-0.2, 0) is 4.74 Å². The third kappa shape index (κ3) is 1.85. The molecule has 1 rings (SSSR count). The third-order valence-corrected chi connectivity index (χ3v) is 2.81. The Morgan fingerprint density at radius 1 is 1.50 bits per heavy atom. The molecule has 0 aliphatic carbocycles. The van der Waals surface area contributed by atoms with E-state index in [1.807, 2.05) is 25.3 Å². The molecule has 1 aromatic carbocycles. The monoisotopic (exact) mass is 211 g/mol. The first-order valence-corrected chi connectivity index (χ1v) is 5.35. The summed E-state index contributed by atoms with van der Waals surface area (Å²) in [6.45, 7) is 1.87. The molecule has 0 spiro atoms. The van der Waals surface area contributed by atoms with Crippen LogP contribution >= 0.6 is 11.8 Å². The fourth-order valence-corrected chi connectivity index (χ4v) is 1.79. The molecule has 76 valence electrons. The maximum Gasteiger partial charge on any atom is 0.341 e. The number of carbonyl (C=O) groups is 1. The Morgan fingerprint density at radius 3 is 2.64 bits per heavy atom. The molecule has 0 bridgehead atoms. The zero-order valence-corrected chi connectivity index (χ0v) is 9.27. The van der Waals surface area contributed by atoms with Crippen molar-refractivity contribution < 1.29 is 9.53 Å². The van der Waals surface area contributed by atoms with Gasteiger partial charge in [0.2, 0.25) is 0 Å². The van der Waals surface area contributed by atoms with Gasteiger partial charge in [-0.15, -0.1) is 11.8 Å². The van der Waals surface area contributed by atoms with E-state index >= 15 is 0 Å². The highest BCUT2D eigenvalue weighted by atomic mass is 32.2. The Bertz CT molecular complexity index is 363. The van der Waals surface area contributed by atoms with E-state index in [-0.39, 0.29) is 5.97 Å². The van der Waals surface area contributed by atoms with Gasteiger partial charge in [0.05, 0.1) is 18.4 Å². The molecular weight excluding hydrogens is 198 g/mol. The first kappa shape index (κ1) is 10.9. The minimum Gasteiger partial charge on any atom is -0.465 e. The summed E-state index contributed by atoms with van der Waals surface area (Å²) < 4.78 is 4.68. The number of nitrogens with two attached hydrogens (primary N) is 1. The molecule has 1 aromatic rings. The Labute approximate surface area is 87.6 Å². The molecule has 0 aromatic heterocycles. The Morgan fingerprint density at radius 2 is 2.14 bits per heavy atom. The standard InChI is InChI=1S/C10H13NO2S/c1-6-4-5-7(14-3)8(9(6)11)10(12)13-2/h4-5H,11H2,1-3H3. The van der Waals surface area contributed by atoms with Crippen LogP contribution in [0.5, 0.6) is 0 Å². The first-order valence-electron chi connectivity index (χ1n) is 4.13. The highest BCUT2D eigenvalue weighted by Gasteiger charge is 2.16. The topological polar surface area (TPSA) is 52.3 Å². The van der Waals surface area contributed by atoms with Crippen LogP contribution in [0.3, 0.4) is 0 Å². The lowest BCUT2D eigenvalue weighted by atomic mass is 10.1. The van der Waals surface area contributed by atoms with Crippen molar-refractivity contribution in [3.8, 4) is 0 Å². The van der Waals surface area contributed by atoms with Gasteiger partial charge in [-0.25, -0.2) is 4.79 Å². The van der Waals surface area contributed by atoms with Gasteiger partial charge in [0.1, 0.15) is 0 Å². The number of esters is 1. The number of methoxy groups -OCH3 is 1. The second-order valence-corrected chi connectivity index (χ2v) is 3.71. The van der Waals surface area contributed by atoms with Crippen molar-refractivity contribution in [1.29, 1.82) is 0 Å². The smallest absolute Gasteiger partial charge is 0.341 e. The molecule has 0 heterocycles. The lowest BCUT2D eigenvalue weighted by molar-refractivity contribution is 0.0598. The Balaban J connectivity index is 3.35. The predicted octanol–water partition coefficient (Wildman–Crippen LogP) is 2.09. The number of anilines is 1. The number of carbonyl (C=O) groups excluding carboxylic acids is 1. The number of ether oxygens (including phenoxy) is 1. The number of hydrogen-bond acceptors (Lipinski definition) is 4. The van der Waals surface area contributed by atoms with E-state index in [0.717, 1.165) is 10.5 Å². The largest absolute Gasteiger partial charge is 0.465 e. The van der Waals surface area contributed by atoms with E-state index in [1.165, 1.54) is 18.9 Å². The third-order valence-electron chi connectivity index (χ3n) is 2.03. The average Bonchev–Trinajstić information content (AvgIpc) is 2.20. The zero-order chi connectivity index (χ0) is 10.7. The number of aryl methyl sites for hydroxylation is 1. The van der Waals surface area contributed by atoms with Crippen LogP contribution in [0.25, 0.3) is 0 Å². The van der Waals surface area contributed by atoms with Gasteiger partial charge in [0, 0.05) is 4.90 Å². The molecule has 0 saturated carbocycles. The van der Waals surface area contributed by atoms with E-state index in [1.54, 1.807) is 0 Å². The van der Waals surface area contributed by atoms with Gasteiger partial charge < -0.3 is 10.5 Å². The van der Waals surface area contributed by atoms with Gasteiger partial charge in [-0.05, 0) is 24.8 Å². The summed E-state index contributed by atoms with van der Waals surface area (Å²) >= 11 is 1.48. The fourth-order valence-electron chi connectivity index (χ4n) is 1.19. The number of hydrogen-bond donors (Lipinski definition) is 1. The predicted molar refractivity (Wildman–Crippen MR) is 58.7 cm³/mol. The normalized spacial score (nSPS) is 9.93. The van der Waals surface area contributed by atoms with Crippen molar-refractivity contribution in [1.82, 2.24) is 0 Å². The van der Waals surface area contributed by atoms with Crippen LogP contribution in [0.2, 0.25) is 0 Å². The van der Waals surface area contributed by atoms with Gasteiger partial charge in [0.15, 0.2) is 0 Å². The van der Waals surface area contributed by atoms with Crippen molar-refractivity contribution in [2.75, 3.05) is 19.1 Å². The highest BCUT2D eigenvalue weighted by Crippen LogP contribution is 2.28. The molecule has 2 N–H and O–H groups in total. The van der Waals surface area contributed by atoms with Crippen molar-refractivity contribution >= 4 is 23.4 Å². The number of benzene rings is 1. The molecule has 0 amide bonds. The molecule has 0 fully saturated rings. The van der Waals surface area contributed by atoms with Crippen molar-refractivity contribution in [3.63, 3.8) is 0 Å². The minimum absolute atomic E-state index is 0.379. The second-order valence-electron chi connectivity index (χ2n) is 2.86. The molecule has 14 heavy (non-hydrogen) atoms. The fraction of sp³-hybridized carbons (Fsp3) is 0.300. The van der Waals surface area contributed by atoms with E-state index < -0.39 is 0 Å². The molecular formula is C10H13NO2S. The van der Waals surface area contributed by atoms with Crippen LogP contribution in [0.1, 0.15) is 15.9 Å². The number of thioether (sulfide) groups is 1. The second kappa shape index (κ2) is 4.37. The van der Waals surface area contributed by atoms with Crippen LogP contribution in [0.15, 0.2) is 17.0 Å². The summed E-state index contributed by atoms with van der Waals surface area (Å²) in [5, 5.41) is 0. The average molecular weight is 211 g/mol. The first-order chi connectivity index (χ1) is 6.61. The van der Waals surface area contributed by atoms with Gasteiger partial charge in [-0.1, -0.05) is 6.07 Å². The molecule has 0 saturated heterocycles. The number of nitrogen functional groups attached to an aromatic ring is 1. The lowest BCUT2D eigenvalue weighted by Gasteiger charge is -2.10. The van der Waals surface area contributed by atoms with Crippen molar-refractivity contribution in [2.24, 2.45) is 0 Å². The van der Waals surface area contributed by atoms with Crippen molar-refractivity contribution in [3.05, 3.63) is 23.3 Å². The van der Waals surface area contributed by atoms with E-state index in [9.17, 15) is 4.79 Å². The van der Waals surface area contributed by atoms with Crippen LogP contribution in [0, 0.1) is 6.92 Å². The minimum atomic E-state index is -0.379. The zero-order valence-electron chi connectivity index (χ0n) is 8.46. The van der Waals surface area contributed by atoms with Gasteiger partial charge >= 0.3 is 5.97 Å². The maximum absolute atomic E-state index is 11.5. The van der Waals surface area contributed by atoms with E-state index in [2.05, 4.69) is 4.74 Å². The highest BCUT2D eigenvalue weighted by molar-refractivity contribution is 7.98. The summed E-state index contributed by atoms with van der Waals surface area (Å²) in [4.78, 5) is 12.3. The van der Waals surface area contributed by atoms with Crippen LogP contribution < -0.4 is 5.73 Å². The summed E-state index contributed by atoms with van der Waals surface area (Å²) in [6, 6.07) is 3.77. The summed E-state index contributed by atoms with van der Waals surface area (Å²) in [5.41, 5.74) is 7.69. The van der Waals surface area contributed by atoms with Gasteiger partial charge in [-0.3, -0.25) is 0 Å². The van der Waals surface area contributed by atoms with Crippen LogP contribution in [0.4, 0.5) is 5.69 Å². The molecule has 4 heteroatoms. The van der Waals surface area contributed by atoms with E-state index in [4.69, 9.17) is 5.73 Å². The number of rotatable bonds is 2.